The van der Waals surface area contributed by atoms with E-state index < -0.39 is 0 Å². The van der Waals surface area contributed by atoms with Gasteiger partial charge in [-0.3, -0.25) is 9.69 Å². The second-order valence-electron chi connectivity index (χ2n) is 2.35. The minimum Gasteiger partial charge on any atom is -0.299 e. The number of hydrogen-bond acceptors (Lipinski definition) is 2. The number of rotatable bonds is 0. The molecule has 0 radical (unpaired) electrons. The smallest absolute Gasteiger partial charge is 0.258 e. The predicted molar refractivity (Wildman–Crippen MR) is 54.3 cm³/mol. The van der Waals surface area contributed by atoms with Crippen molar-refractivity contribution in [2.24, 2.45) is 0 Å². The molecule has 1 atom stereocenters. The van der Waals surface area contributed by atoms with E-state index in [0.717, 1.165) is 11.3 Å². The summed E-state index contributed by atoms with van der Waals surface area (Å²) in [6.07, 6.45) is 3.90. The first kappa shape index (κ1) is 7.67. The van der Waals surface area contributed by atoms with E-state index in [4.69, 9.17) is 0 Å². The van der Waals surface area contributed by atoms with Gasteiger partial charge in [-0.15, -0.1) is 11.8 Å². The average molecular weight is 279 g/mol. The van der Waals surface area contributed by atoms with Crippen LogP contribution in [0, 0.1) is 0 Å². The molecule has 1 fully saturated rings. The molecule has 0 bridgehead atoms. The minimum absolute atomic E-state index is 0.160. The van der Waals surface area contributed by atoms with Crippen molar-refractivity contribution in [1.82, 2.24) is 4.90 Å². The van der Waals surface area contributed by atoms with E-state index in [-0.39, 0.29) is 5.91 Å². The van der Waals surface area contributed by atoms with Gasteiger partial charge in [0, 0.05) is 12.0 Å². The molecule has 11 heavy (non-hydrogen) atoms. The minimum atomic E-state index is 0.160. The lowest BCUT2D eigenvalue weighted by Crippen LogP contribution is -2.51. The maximum Gasteiger partial charge on any atom is 0.258 e. The van der Waals surface area contributed by atoms with Gasteiger partial charge in [0.25, 0.3) is 5.91 Å². The van der Waals surface area contributed by atoms with Crippen LogP contribution in [0.15, 0.2) is 21.9 Å². The van der Waals surface area contributed by atoms with Crippen LogP contribution >= 0.6 is 34.4 Å². The van der Waals surface area contributed by atoms with Gasteiger partial charge in [-0.2, -0.15) is 0 Å². The van der Waals surface area contributed by atoms with Gasteiger partial charge in [-0.25, -0.2) is 0 Å². The second-order valence-corrected chi connectivity index (χ2v) is 4.08. The van der Waals surface area contributed by atoms with Crippen molar-refractivity contribution >= 4 is 40.3 Å². The van der Waals surface area contributed by atoms with E-state index in [9.17, 15) is 4.79 Å². The average Bonchev–Trinajstić information content (AvgIpc) is 2.05. The zero-order valence-electron chi connectivity index (χ0n) is 5.66. The van der Waals surface area contributed by atoms with Crippen molar-refractivity contribution in [2.45, 2.75) is 5.37 Å². The van der Waals surface area contributed by atoms with Crippen molar-refractivity contribution in [3.63, 3.8) is 0 Å². The Balaban J connectivity index is 2.25. The number of thioether (sulfide) groups is 1. The van der Waals surface area contributed by atoms with E-state index in [1.165, 1.54) is 0 Å². The zero-order chi connectivity index (χ0) is 7.84. The lowest BCUT2D eigenvalue weighted by atomic mass is 10.1. The molecule has 2 nitrogen and oxygen atoms in total. The van der Waals surface area contributed by atoms with Gasteiger partial charge in [0.05, 0.1) is 5.57 Å². The van der Waals surface area contributed by atoms with Crippen LogP contribution < -0.4 is 0 Å². The first-order chi connectivity index (χ1) is 5.34. The normalized spacial score (nSPS) is 32.1. The van der Waals surface area contributed by atoms with Crippen molar-refractivity contribution in [3.8, 4) is 0 Å². The lowest BCUT2D eigenvalue weighted by molar-refractivity contribution is -0.130. The molecular formula is C7H6INOS. The Hall–Kier alpha value is 0.0300. The summed E-state index contributed by atoms with van der Waals surface area (Å²) in [5.41, 5.74) is 0.944. The van der Waals surface area contributed by atoms with Crippen molar-refractivity contribution < 1.29 is 4.79 Å². The highest BCUT2D eigenvalue weighted by Crippen LogP contribution is 2.37. The number of carbonyl (C=O) groups excluding carboxylic acids is 1. The molecule has 0 N–H and O–H groups in total. The molecule has 0 aliphatic carbocycles. The summed E-state index contributed by atoms with van der Waals surface area (Å²) in [6, 6.07) is 0. The Labute approximate surface area is 82.8 Å². The lowest BCUT2D eigenvalue weighted by Gasteiger charge is -2.41. The topological polar surface area (TPSA) is 20.3 Å². The van der Waals surface area contributed by atoms with Crippen LogP contribution in [-0.2, 0) is 4.79 Å². The van der Waals surface area contributed by atoms with Crippen LogP contribution in [0.2, 0.25) is 0 Å². The Morgan fingerprint density at radius 2 is 2.64 bits per heavy atom. The van der Waals surface area contributed by atoms with Crippen LogP contribution in [0.5, 0.6) is 0 Å². The van der Waals surface area contributed by atoms with Crippen molar-refractivity contribution in [1.29, 1.82) is 0 Å². The fraction of sp³-hybridized carbons (Fsp3) is 0.286. The van der Waals surface area contributed by atoms with Gasteiger partial charge in [0.2, 0.25) is 0 Å². The first-order valence-electron chi connectivity index (χ1n) is 3.26. The van der Waals surface area contributed by atoms with Crippen LogP contribution in [0.4, 0.5) is 0 Å². The summed E-state index contributed by atoms with van der Waals surface area (Å²) in [5.74, 6) is 1.18. The molecule has 2 heterocycles. The standard InChI is InChI=1S/C7H6INOS/c8-4-5-6(10)9-2-1-3-11-7(5)9/h1-2,4,7H,3H2/t7-/m0/s1. The van der Waals surface area contributed by atoms with Crippen LogP contribution in [-0.4, -0.2) is 21.9 Å². The molecule has 4 heteroatoms. The third-order valence-electron chi connectivity index (χ3n) is 1.73. The Kier molecular flexibility index (Phi) is 1.97. The third kappa shape index (κ3) is 1.03. The van der Waals surface area contributed by atoms with Gasteiger partial charge < -0.3 is 0 Å². The quantitative estimate of drug-likeness (QED) is 0.382. The Morgan fingerprint density at radius 1 is 1.82 bits per heavy atom. The zero-order valence-corrected chi connectivity index (χ0v) is 8.63. The van der Waals surface area contributed by atoms with Gasteiger partial charge in [0.1, 0.15) is 5.37 Å². The molecule has 0 unspecified atom stereocenters. The van der Waals surface area contributed by atoms with Gasteiger partial charge >= 0.3 is 0 Å². The molecule has 1 saturated heterocycles. The number of fused-ring (bicyclic) bond motifs is 1. The highest BCUT2D eigenvalue weighted by atomic mass is 127. The van der Waals surface area contributed by atoms with Crippen molar-refractivity contribution in [2.75, 3.05) is 5.75 Å². The Morgan fingerprint density at radius 3 is 3.36 bits per heavy atom. The fourth-order valence-corrected chi connectivity index (χ4v) is 3.07. The predicted octanol–water partition coefficient (Wildman–Crippen LogP) is 1.73. The molecule has 0 saturated carbocycles. The van der Waals surface area contributed by atoms with Gasteiger partial charge in [0.15, 0.2) is 0 Å². The Bertz CT molecular complexity index is 261. The largest absolute Gasteiger partial charge is 0.299 e. The van der Waals surface area contributed by atoms with Crippen LogP contribution in [0.3, 0.4) is 0 Å². The molecule has 0 aromatic carbocycles. The summed E-state index contributed by atoms with van der Waals surface area (Å²) in [7, 11) is 0. The number of nitrogens with zero attached hydrogens (tertiary/aromatic N) is 1. The number of carbonyl (C=O) groups is 1. The number of amides is 1. The maximum atomic E-state index is 11.2. The van der Waals surface area contributed by atoms with Gasteiger partial charge in [-0.1, -0.05) is 28.7 Å². The molecule has 58 valence electrons. The number of hydrogen-bond donors (Lipinski definition) is 0. The van der Waals surface area contributed by atoms with Gasteiger partial charge in [-0.05, 0) is 4.08 Å². The monoisotopic (exact) mass is 279 g/mol. The summed E-state index contributed by atoms with van der Waals surface area (Å²) in [6.45, 7) is 0. The molecule has 2 rings (SSSR count). The molecule has 0 aromatic heterocycles. The van der Waals surface area contributed by atoms with E-state index >= 15 is 0 Å². The van der Waals surface area contributed by atoms with E-state index in [2.05, 4.69) is 22.6 Å². The van der Waals surface area contributed by atoms with E-state index in [1.807, 2.05) is 16.4 Å². The number of β-lactam (4-membered cyclic amide) rings is 1. The second kappa shape index (κ2) is 2.82. The summed E-state index contributed by atoms with van der Waals surface area (Å²) in [5, 5.41) is 0.310. The third-order valence-corrected chi connectivity index (χ3v) is 3.59. The summed E-state index contributed by atoms with van der Waals surface area (Å²) >= 11 is 3.92. The summed E-state index contributed by atoms with van der Waals surface area (Å²) < 4.78 is 1.88. The van der Waals surface area contributed by atoms with E-state index in [1.54, 1.807) is 16.7 Å². The molecule has 0 aromatic rings. The van der Waals surface area contributed by atoms with Crippen LogP contribution in [0.1, 0.15) is 0 Å². The highest BCUT2D eigenvalue weighted by molar-refractivity contribution is 14.1. The molecule has 2 aliphatic rings. The fourth-order valence-electron chi connectivity index (χ4n) is 1.16. The molecule has 2 aliphatic heterocycles. The van der Waals surface area contributed by atoms with Crippen molar-refractivity contribution in [3.05, 3.63) is 21.9 Å². The molecule has 1 amide bonds. The van der Waals surface area contributed by atoms with E-state index in [0.29, 0.717) is 5.37 Å². The van der Waals surface area contributed by atoms with Crippen LogP contribution in [0.25, 0.3) is 0 Å². The number of halogens is 1. The molecular weight excluding hydrogens is 273 g/mol. The first-order valence-corrected chi connectivity index (χ1v) is 5.55. The maximum absolute atomic E-state index is 11.2. The SMILES string of the molecule is O=C1C(=CI)[C@@H]2SCC=CN12. The highest BCUT2D eigenvalue weighted by Gasteiger charge is 2.41. The molecule has 0 spiro atoms. The summed E-state index contributed by atoms with van der Waals surface area (Å²) in [4.78, 5) is 13.0.